The molecule has 0 amide bonds. The summed E-state index contributed by atoms with van der Waals surface area (Å²) < 4.78 is 5.55. The molecule has 0 heterocycles. The zero-order valence-corrected chi connectivity index (χ0v) is 39.0. The highest BCUT2D eigenvalue weighted by molar-refractivity contribution is 5.76. The van der Waals surface area contributed by atoms with Gasteiger partial charge < -0.3 is 14.9 Å². The Morgan fingerprint density at radius 1 is 0.390 bits per heavy atom. The van der Waals surface area contributed by atoms with E-state index in [0.717, 1.165) is 116 Å². The molecule has 2 N–H and O–H groups in total. The topological polar surface area (TPSA) is 101 Å². The van der Waals surface area contributed by atoms with Crippen molar-refractivity contribution >= 4 is 17.9 Å². The van der Waals surface area contributed by atoms with E-state index in [-0.39, 0.29) is 11.4 Å². The van der Waals surface area contributed by atoms with Crippen LogP contribution in [0.5, 0.6) is 0 Å². The van der Waals surface area contributed by atoms with Crippen LogP contribution in [0.2, 0.25) is 0 Å². The van der Waals surface area contributed by atoms with Crippen molar-refractivity contribution in [3.63, 3.8) is 0 Å². The lowest BCUT2D eigenvalue weighted by Gasteiger charge is -2.31. The smallest absolute Gasteiger partial charge is 0.311 e. The quantitative estimate of drug-likeness (QED) is 0.0360. The fourth-order valence-electron chi connectivity index (χ4n) is 8.42. The molecular weight excluding hydrogens is 733 g/mol. The summed E-state index contributed by atoms with van der Waals surface area (Å²) in [6, 6.07) is 0. The molecule has 0 radical (unpaired) electrons. The third kappa shape index (κ3) is 40.8. The number of aliphatic carboxylic acids is 2. The van der Waals surface area contributed by atoms with Crippen LogP contribution < -0.4 is 0 Å². The lowest BCUT2D eigenvalue weighted by molar-refractivity contribution is -0.154. The van der Waals surface area contributed by atoms with Crippen LogP contribution >= 0.6 is 0 Å². The average molecular weight is 829 g/mol. The van der Waals surface area contributed by atoms with Crippen LogP contribution in [-0.2, 0) is 19.1 Å². The summed E-state index contributed by atoms with van der Waals surface area (Å²) in [5.41, 5.74) is -0.324. The number of rotatable bonds is 47. The number of methoxy groups -OCH3 is 1. The fraction of sp³-hybridized carbons (Fsp3) is 0.830. The molecular formula is C53H96O6. The maximum Gasteiger partial charge on any atom is 0.311 e. The van der Waals surface area contributed by atoms with Crippen molar-refractivity contribution in [3.05, 3.63) is 36.5 Å². The largest absolute Gasteiger partial charge is 0.481 e. The summed E-state index contributed by atoms with van der Waals surface area (Å²) in [5, 5.41) is 17.5. The Hall–Kier alpha value is -2.37. The van der Waals surface area contributed by atoms with Gasteiger partial charge in [0, 0.05) is 12.8 Å². The Kier molecular flexibility index (Phi) is 43.4. The standard InChI is InChI=1S/C53H96O6/c1-3-4-5-6-7-8-9-22-27-32-37-42-47-53(52(58)59-2,48-43-38-33-28-23-18-14-10-12-16-20-25-30-35-40-45-50(54)55)49-44-39-34-29-24-19-15-11-13-17-21-26-31-36-41-46-51(56)57/h10-13,18,23H,3-9,14-17,19-22,24-49H2,1-2H3,(H,54,55)(H,56,57)/b12-10-,13-11-,23-18-. The zero-order chi connectivity index (χ0) is 43.2. The van der Waals surface area contributed by atoms with E-state index in [4.69, 9.17) is 14.9 Å². The number of unbranched alkanes of at least 4 members (excludes halogenated alkanes) is 30. The second-order valence-electron chi connectivity index (χ2n) is 17.7. The van der Waals surface area contributed by atoms with Gasteiger partial charge in [-0.05, 0) is 89.9 Å². The van der Waals surface area contributed by atoms with Gasteiger partial charge in [0.2, 0.25) is 0 Å². The first-order valence-corrected chi connectivity index (χ1v) is 25.3. The lowest BCUT2D eigenvalue weighted by atomic mass is 9.74. The van der Waals surface area contributed by atoms with Crippen molar-refractivity contribution in [2.45, 2.75) is 270 Å². The molecule has 6 nitrogen and oxygen atoms in total. The minimum absolute atomic E-state index is 0.0374. The third-order valence-corrected chi connectivity index (χ3v) is 12.2. The van der Waals surface area contributed by atoms with Crippen LogP contribution in [0.15, 0.2) is 36.5 Å². The molecule has 0 bridgehead atoms. The number of carboxylic acids is 2. The molecule has 0 aliphatic heterocycles. The molecule has 0 rings (SSSR count). The molecule has 59 heavy (non-hydrogen) atoms. The van der Waals surface area contributed by atoms with E-state index >= 15 is 0 Å². The van der Waals surface area contributed by atoms with Crippen molar-refractivity contribution in [2.24, 2.45) is 5.41 Å². The summed E-state index contributed by atoms with van der Waals surface area (Å²) in [4.78, 5) is 34.7. The highest BCUT2D eigenvalue weighted by Crippen LogP contribution is 2.39. The van der Waals surface area contributed by atoms with Crippen LogP contribution in [0.1, 0.15) is 270 Å². The normalized spacial score (nSPS) is 12.9. The Morgan fingerprint density at radius 2 is 0.661 bits per heavy atom. The molecule has 0 aromatic rings. The summed E-state index contributed by atoms with van der Waals surface area (Å²) in [5.74, 6) is -1.33. The van der Waals surface area contributed by atoms with Gasteiger partial charge in [0.25, 0.3) is 0 Å². The first-order valence-electron chi connectivity index (χ1n) is 25.3. The van der Waals surface area contributed by atoms with E-state index in [1.807, 2.05) is 0 Å². The minimum Gasteiger partial charge on any atom is -0.481 e. The molecule has 344 valence electrons. The molecule has 1 unspecified atom stereocenters. The molecule has 0 saturated heterocycles. The van der Waals surface area contributed by atoms with Gasteiger partial charge in [-0.15, -0.1) is 0 Å². The number of hydrogen-bond acceptors (Lipinski definition) is 4. The van der Waals surface area contributed by atoms with Crippen LogP contribution in [0.3, 0.4) is 0 Å². The first kappa shape index (κ1) is 56.6. The maximum atomic E-state index is 13.5. The van der Waals surface area contributed by atoms with E-state index in [0.29, 0.717) is 12.8 Å². The fourth-order valence-corrected chi connectivity index (χ4v) is 8.42. The summed E-state index contributed by atoms with van der Waals surface area (Å²) in [6.07, 6.45) is 60.3. The summed E-state index contributed by atoms with van der Waals surface area (Å²) >= 11 is 0. The maximum absolute atomic E-state index is 13.5. The number of carbonyl (C=O) groups excluding carboxylic acids is 1. The molecule has 6 heteroatoms. The van der Waals surface area contributed by atoms with Crippen LogP contribution in [0.4, 0.5) is 0 Å². The lowest BCUT2D eigenvalue weighted by Crippen LogP contribution is -2.32. The van der Waals surface area contributed by atoms with E-state index < -0.39 is 11.9 Å². The van der Waals surface area contributed by atoms with E-state index in [9.17, 15) is 14.4 Å². The second kappa shape index (κ2) is 45.2. The molecule has 0 aromatic heterocycles. The summed E-state index contributed by atoms with van der Waals surface area (Å²) in [7, 11) is 1.60. The Balaban J connectivity index is 4.55. The predicted molar refractivity (Wildman–Crippen MR) is 252 cm³/mol. The third-order valence-electron chi connectivity index (χ3n) is 12.2. The molecule has 0 aliphatic rings. The van der Waals surface area contributed by atoms with Crippen molar-refractivity contribution < 1.29 is 29.3 Å². The molecule has 0 aromatic carbocycles. The van der Waals surface area contributed by atoms with E-state index in [1.165, 1.54) is 135 Å². The van der Waals surface area contributed by atoms with Crippen molar-refractivity contribution in [2.75, 3.05) is 7.11 Å². The number of carbonyl (C=O) groups is 3. The SMILES string of the molecule is CCCCCCCCCCCCCCC(CCCCC/C=C\C/C=C\CCCCCCCC(=O)O)(CCCCCCCC/C=C\CCCCCCCC(=O)O)C(=O)OC. The molecule has 0 aliphatic carbocycles. The molecule has 0 fully saturated rings. The number of allylic oxidation sites excluding steroid dienone is 6. The first-order chi connectivity index (χ1) is 28.9. The van der Waals surface area contributed by atoms with Gasteiger partial charge in [0.15, 0.2) is 0 Å². The zero-order valence-electron chi connectivity index (χ0n) is 39.0. The van der Waals surface area contributed by atoms with Crippen LogP contribution in [0.25, 0.3) is 0 Å². The van der Waals surface area contributed by atoms with Crippen molar-refractivity contribution in [1.29, 1.82) is 0 Å². The predicted octanol–water partition coefficient (Wildman–Crippen LogP) is 17.0. The van der Waals surface area contributed by atoms with Gasteiger partial charge in [-0.1, -0.05) is 204 Å². The van der Waals surface area contributed by atoms with Crippen LogP contribution in [0, 0.1) is 5.41 Å². The number of ether oxygens (including phenoxy) is 1. The number of hydrogen-bond donors (Lipinski definition) is 2. The highest BCUT2D eigenvalue weighted by Gasteiger charge is 2.37. The monoisotopic (exact) mass is 829 g/mol. The Labute approximate surface area is 365 Å². The average Bonchev–Trinajstić information content (AvgIpc) is 3.22. The second-order valence-corrected chi connectivity index (χ2v) is 17.7. The Morgan fingerprint density at radius 3 is 0.983 bits per heavy atom. The van der Waals surface area contributed by atoms with Gasteiger partial charge in [-0.2, -0.15) is 0 Å². The minimum atomic E-state index is -0.686. The Bertz CT molecular complexity index is 1030. The number of carboxylic acid groups (broad SMARTS) is 2. The van der Waals surface area contributed by atoms with Crippen molar-refractivity contribution in [1.82, 2.24) is 0 Å². The van der Waals surface area contributed by atoms with Crippen molar-refractivity contribution in [3.8, 4) is 0 Å². The number of esters is 1. The van der Waals surface area contributed by atoms with Gasteiger partial charge in [-0.3, -0.25) is 14.4 Å². The van der Waals surface area contributed by atoms with Crippen LogP contribution in [-0.4, -0.2) is 35.2 Å². The van der Waals surface area contributed by atoms with Gasteiger partial charge in [0.05, 0.1) is 12.5 Å². The highest BCUT2D eigenvalue weighted by atomic mass is 16.5. The van der Waals surface area contributed by atoms with Gasteiger partial charge >= 0.3 is 17.9 Å². The van der Waals surface area contributed by atoms with E-state index in [2.05, 4.69) is 43.4 Å². The van der Waals surface area contributed by atoms with Gasteiger partial charge in [-0.25, -0.2) is 0 Å². The summed E-state index contributed by atoms with van der Waals surface area (Å²) in [6.45, 7) is 2.28. The van der Waals surface area contributed by atoms with Gasteiger partial charge in [0.1, 0.15) is 0 Å². The molecule has 0 spiro atoms. The molecule has 0 saturated carbocycles. The molecule has 1 atom stereocenters. The van der Waals surface area contributed by atoms with E-state index in [1.54, 1.807) is 7.11 Å².